The van der Waals surface area contributed by atoms with Crippen LogP contribution in [0.5, 0.6) is 0 Å². The number of hydrogen-bond acceptors (Lipinski definition) is 7. The third-order valence-electron chi connectivity index (χ3n) is 5.59. The Morgan fingerprint density at radius 2 is 1.97 bits per heavy atom. The number of aliphatic hydroxyl groups is 1. The number of amides is 1. The molecular formula is C26H21ClN6O3S. The summed E-state index contributed by atoms with van der Waals surface area (Å²) in [6.07, 6.45) is 1.49. The lowest BCUT2D eigenvalue weighted by Crippen LogP contribution is -2.37. The lowest BCUT2D eigenvalue weighted by atomic mass is 9.95. The van der Waals surface area contributed by atoms with Gasteiger partial charge in [-0.2, -0.15) is 4.98 Å². The van der Waals surface area contributed by atoms with E-state index in [1.54, 1.807) is 25.1 Å². The molecule has 1 aliphatic heterocycles. The molecule has 5 rings (SSSR count). The van der Waals surface area contributed by atoms with Gasteiger partial charge < -0.3 is 20.2 Å². The zero-order valence-corrected chi connectivity index (χ0v) is 21.1. The average Bonchev–Trinajstić information content (AvgIpc) is 3.30. The van der Waals surface area contributed by atoms with E-state index in [2.05, 4.69) is 31.8 Å². The first-order chi connectivity index (χ1) is 17.9. The van der Waals surface area contributed by atoms with Gasteiger partial charge in [0.05, 0.1) is 5.57 Å². The smallest absolute Gasteiger partial charge is 0.302 e. The number of oxazole rings is 1. The van der Waals surface area contributed by atoms with Crippen molar-refractivity contribution in [2.75, 3.05) is 10.6 Å². The van der Waals surface area contributed by atoms with Crippen molar-refractivity contribution in [1.29, 1.82) is 0 Å². The van der Waals surface area contributed by atoms with Gasteiger partial charge in [0.25, 0.3) is 5.91 Å². The second-order valence-corrected chi connectivity index (χ2v) is 9.09. The number of anilines is 2. The SMILES string of the molecule is C=S=C(O)c1ccnc(NC(=O)C2=C(C)NC(Nc3nc4ccccc4o3)=NC2c2ccccc2Cl)c1. The molecule has 1 amide bonds. The maximum atomic E-state index is 13.5. The van der Waals surface area contributed by atoms with Gasteiger partial charge in [0.15, 0.2) is 5.58 Å². The average molecular weight is 533 g/mol. The molecule has 1 aliphatic rings. The highest BCUT2D eigenvalue weighted by atomic mass is 35.5. The number of hydrogen-bond donors (Lipinski definition) is 4. The summed E-state index contributed by atoms with van der Waals surface area (Å²) in [6, 6.07) is 17.3. The molecule has 0 fully saturated rings. The number of halogens is 1. The minimum atomic E-state index is -0.736. The first-order valence-electron chi connectivity index (χ1n) is 11.1. The largest absolute Gasteiger partial charge is 0.423 e. The van der Waals surface area contributed by atoms with Crippen molar-refractivity contribution >= 4 is 68.3 Å². The van der Waals surface area contributed by atoms with E-state index in [0.717, 1.165) is 10.9 Å². The summed E-state index contributed by atoms with van der Waals surface area (Å²) in [7, 11) is 0.945. The number of aliphatic imine (C=N–C) groups is 1. The summed E-state index contributed by atoms with van der Waals surface area (Å²) in [5, 5.41) is 19.5. The standard InChI is InChI=1S/C26H21ClN6O3S/c1-14-21(23(34)31-20-13-15(11-12-28-20)24(35)37-2)22(16-7-3-4-8-17(16)27)32-25(29-14)33-26-30-18-9-5-6-10-19(18)36-26/h3-13,22,35H,2H2,1H3,(H,28,31,34)(H2,29,30,32,33). The van der Waals surface area contributed by atoms with Gasteiger partial charge in [-0.15, -0.1) is 10.9 Å². The molecule has 3 heterocycles. The van der Waals surface area contributed by atoms with Gasteiger partial charge >= 0.3 is 6.01 Å². The van der Waals surface area contributed by atoms with Crippen molar-refractivity contribution < 1.29 is 14.3 Å². The third-order valence-corrected chi connectivity index (χ3v) is 6.44. The van der Waals surface area contributed by atoms with E-state index in [9.17, 15) is 9.90 Å². The highest BCUT2D eigenvalue weighted by molar-refractivity contribution is 7.96. The molecular weight excluding hydrogens is 512 g/mol. The summed E-state index contributed by atoms with van der Waals surface area (Å²) in [6.45, 7) is 1.77. The number of benzene rings is 2. The number of aliphatic hydroxyl groups excluding tert-OH is 1. The Balaban J connectivity index is 1.48. The maximum absolute atomic E-state index is 13.5. The highest BCUT2D eigenvalue weighted by Crippen LogP contribution is 2.35. The van der Waals surface area contributed by atoms with Crippen LogP contribution in [-0.2, 0) is 4.79 Å². The molecule has 11 heteroatoms. The summed E-state index contributed by atoms with van der Waals surface area (Å²) in [5.74, 6) is 3.78. The van der Waals surface area contributed by atoms with Gasteiger partial charge in [-0.1, -0.05) is 41.9 Å². The van der Waals surface area contributed by atoms with Crippen molar-refractivity contribution in [2.45, 2.75) is 13.0 Å². The number of pyridine rings is 1. The number of nitrogens with zero attached hydrogens (tertiary/aromatic N) is 3. The topological polar surface area (TPSA) is 125 Å². The van der Waals surface area contributed by atoms with Gasteiger partial charge in [-0.3, -0.25) is 10.1 Å². The second-order valence-electron chi connectivity index (χ2n) is 8.01. The first-order valence-corrected chi connectivity index (χ1v) is 12.5. The fraction of sp³-hybridized carbons (Fsp3) is 0.0769. The molecule has 37 heavy (non-hydrogen) atoms. The highest BCUT2D eigenvalue weighted by Gasteiger charge is 2.31. The summed E-state index contributed by atoms with van der Waals surface area (Å²) >= 11 is 6.52. The van der Waals surface area contributed by atoms with Crippen molar-refractivity contribution in [3.63, 3.8) is 0 Å². The summed E-state index contributed by atoms with van der Waals surface area (Å²) in [5.41, 5.74) is 3.37. The van der Waals surface area contributed by atoms with Gasteiger partial charge in [0.2, 0.25) is 5.96 Å². The molecule has 0 bridgehead atoms. The Labute approximate surface area is 220 Å². The number of rotatable bonds is 5. The van der Waals surface area contributed by atoms with Crippen LogP contribution in [0.15, 0.2) is 87.5 Å². The van der Waals surface area contributed by atoms with E-state index < -0.39 is 11.9 Å². The number of para-hydroxylation sites is 2. The van der Waals surface area contributed by atoms with Gasteiger partial charge in [-0.05, 0) is 43.1 Å². The van der Waals surface area contributed by atoms with Crippen LogP contribution in [0.4, 0.5) is 11.8 Å². The van der Waals surface area contributed by atoms with Crippen LogP contribution >= 0.6 is 22.5 Å². The fourth-order valence-corrected chi connectivity index (χ4v) is 4.41. The molecule has 0 radical (unpaired) electrons. The van der Waals surface area contributed by atoms with Crippen LogP contribution in [0, 0.1) is 0 Å². The molecule has 2 aromatic carbocycles. The van der Waals surface area contributed by atoms with Crippen LogP contribution in [0.25, 0.3) is 11.1 Å². The van der Waals surface area contributed by atoms with E-state index in [-0.39, 0.29) is 16.9 Å². The minimum Gasteiger partial charge on any atom is -0.423 e. The monoisotopic (exact) mass is 532 g/mol. The molecule has 4 N–H and O–H groups in total. The third kappa shape index (κ3) is 5.17. The van der Waals surface area contributed by atoms with Crippen molar-refractivity contribution in [3.05, 3.63) is 94.3 Å². The zero-order valence-electron chi connectivity index (χ0n) is 19.5. The van der Waals surface area contributed by atoms with E-state index in [0.29, 0.717) is 44.5 Å². The van der Waals surface area contributed by atoms with E-state index in [4.69, 9.17) is 21.0 Å². The number of carbonyl (C=O) groups is 1. The number of guanidine groups is 1. The Hall–Kier alpha value is -4.25. The molecule has 1 unspecified atom stereocenters. The molecule has 0 aliphatic carbocycles. The van der Waals surface area contributed by atoms with Crippen LogP contribution in [0.1, 0.15) is 24.1 Å². The molecule has 9 nitrogen and oxygen atoms in total. The fourth-order valence-electron chi connectivity index (χ4n) is 3.88. The molecule has 186 valence electrons. The van der Waals surface area contributed by atoms with Crippen molar-refractivity contribution in [1.82, 2.24) is 15.3 Å². The molecule has 4 aromatic rings. The molecule has 0 spiro atoms. The summed E-state index contributed by atoms with van der Waals surface area (Å²) < 4.78 is 5.76. The van der Waals surface area contributed by atoms with Gasteiger partial charge in [0.1, 0.15) is 22.4 Å². The predicted octanol–water partition coefficient (Wildman–Crippen LogP) is 5.10. The molecule has 1 atom stereocenters. The predicted molar refractivity (Wildman–Crippen MR) is 149 cm³/mol. The normalized spacial score (nSPS) is 15.1. The number of fused-ring (bicyclic) bond motifs is 1. The van der Waals surface area contributed by atoms with E-state index in [1.165, 1.54) is 6.20 Å². The molecule has 2 aromatic heterocycles. The minimum absolute atomic E-state index is 0.0149. The molecule has 0 saturated heterocycles. The lowest BCUT2D eigenvalue weighted by molar-refractivity contribution is -0.113. The maximum Gasteiger partial charge on any atom is 0.302 e. The first kappa shape index (κ1) is 24.4. The van der Waals surface area contributed by atoms with Crippen LogP contribution in [-0.4, -0.2) is 37.9 Å². The van der Waals surface area contributed by atoms with E-state index in [1.807, 2.05) is 42.5 Å². The van der Waals surface area contributed by atoms with E-state index >= 15 is 0 Å². The van der Waals surface area contributed by atoms with Gasteiger partial charge in [0, 0.05) is 28.0 Å². The Morgan fingerprint density at radius 1 is 1.19 bits per heavy atom. The number of nitrogens with one attached hydrogen (secondary N) is 3. The second kappa shape index (κ2) is 10.4. The van der Waals surface area contributed by atoms with Crippen LogP contribution < -0.4 is 16.0 Å². The zero-order chi connectivity index (χ0) is 25.9. The van der Waals surface area contributed by atoms with Crippen molar-refractivity contribution in [3.8, 4) is 0 Å². The van der Waals surface area contributed by atoms with Crippen LogP contribution in [0.2, 0.25) is 5.02 Å². The van der Waals surface area contributed by atoms with Crippen molar-refractivity contribution in [2.24, 2.45) is 4.99 Å². The summed E-state index contributed by atoms with van der Waals surface area (Å²) in [4.78, 5) is 26.9. The molecule has 0 saturated carbocycles. The number of allylic oxidation sites excluding steroid dienone is 1. The quantitative estimate of drug-likeness (QED) is 0.263. The Bertz CT molecular complexity index is 1610. The Kier molecular flexibility index (Phi) is 6.87. The van der Waals surface area contributed by atoms with Gasteiger partial charge in [-0.25, -0.2) is 9.98 Å². The lowest BCUT2D eigenvalue weighted by Gasteiger charge is -2.26. The Morgan fingerprint density at radius 3 is 2.76 bits per heavy atom. The number of aromatic nitrogens is 2. The number of carbonyl (C=O) groups excluding carboxylic acids is 1. The van der Waals surface area contributed by atoms with Crippen LogP contribution in [0.3, 0.4) is 0 Å².